The molecule has 4 heterocycles. The van der Waals surface area contributed by atoms with E-state index >= 15 is 0 Å². The summed E-state index contributed by atoms with van der Waals surface area (Å²) in [5.41, 5.74) is 4.86. The van der Waals surface area contributed by atoms with Gasteiger partial charge in [0.2, 0.25) is 0 Å². The fraction of sp³-hybridized carbons (Fsp3) is 0.455. The third-order valence-electron chi connectivity index (χ3n) is 5.33. The molecular formula is C22H28N4S. The minimum atomic E-state index is 0.498. The van der Waals surface area contributed by atoms with Crippen molar-refractivity contribution in [1.29, 1.82) is 0 Å². The molecule has 0 aliphatic carbocycles. The van der Waals surface area contributed by atoms with Crippen molar-refractivity contribution in [2.45, 2.75) is 45.6 Å². The van der Waals surface area contributed by atoms with E-state index in [0.29, 0.717) is 5.92 Å². The highest BCUT2D eigenvalue weighted by Crippen LogP contribution is 2.32. The fourth-order valence-corrected chi connectivity index (χ4v) is 5.26. The van der Waals surface area contributed by atoms with E-state index in [1.54, 1.807) is 0 Å². The topological polar surface area (TPSA) is 34.0 Å². The highest BCUT2D eigenvalue weighted by Gasteiger charge is 2.25. The van der Waals surface area contributed by atoms with Crippen LogP contribution in [0.2, 0.25) is 0 Å². The number of piperidine rings is 1. The molecule has 0 N–H and O–H groups in total. The van der Waals surface area contributed by atoms with E-state index in [9.17, 15) is 0 Å². The SMILES string of the molecule is C=C(C)Cc1ncc(CN2CCCC(c3nc(C)cc4ccn(C)c34)C2)s1. The van der Waals surface area contributed by atoms with Crippen LogP contribution < -0.4 is 0 Å². The molecule has 142 valence electrons. The molecule has 4 rings (SSSR count). The number of hydrogen-bond donors (Lipinski definition) is 0. The van der Waals surface area contributed by atoms with E-state index in [1.807, 2.05) is 17.5 Å². The number of rotatable bonds is 5. The summed E-state index contributed by atoms with van der Waals surface area (Å²) in [6, 6.07) is 4.40. The predicted molar refractivity (Wildman–Crippen MR) is 113 cm³/mol. The molecule has 5 heteroatoms. The molecule has 1 atom stereocenters. The normalized spacial score (nSPS) is 18.3. The zero-order valence-corrected chi connectivity index (χ0v) is 17.4. The van der Waals surface area contributed by atoms with Crippen molar-refractivity contribution in [3.8, 4) is 0 Å². The quantitative estimate of drug-likeness (QED) is 0.594. The summed E-state index contributed by atoms with van der Waals surface area (Å²) in [7, 11) is 2.13. The van der Waals surface area contributed by atoms with Crippen LogP contribution in [0.1, 0.15) is 47.0 Å². The second kappa shape index (κ2) is 7.56. The zero-order chi connectivity index (χ0) is 19.0. The Balaban J connectivity index is 1.53. The second-order valence-electron chi connectivity index (χ2n) is 7.94. The van der Waals surface area contributed by atoms with Crippen LogP contribution in [0.5, 0.6) is 0 Å². The number of likely N-dealkylation sites (tertiary alicyclic amines) is 1. The van der Waals surface area contributed by atoms with Crippen LogP contribution in [-0.2, 0) is 20.0 Å². The number of aromatic nitrogens is 3. The number of fused-ring (bicyclic) bond motifs is 1. The van der Waals surface area contributed by atoms with Gasteiger partial charge in [0.25, 0.3) is 0 Å². The molecule has 4 nitrogen and oxygen atoms in total. The molecular weight excluding hydrogens is 352 g/mol. The minimum absolute atomic E-state index is 0.498. The van der Waals surface area contributed by atoms with Gasteiger partial charge in [0, 0.05) is 60.8 Å². The lowest BCUT2D eigenvalue weighted by Crippen LogP contribution is -2.34. The molecule has 0 amide bonds. The Labute approximate surface area is 165 Å². The van der Waals surface area contributed by atoms with E-state index in [0.717, 1.165) is 31.7 Å². The van der Waals surface area contributed by atoms with Crippen molar-refractivity contribution in [3.05, 3.63) is 58.0 Å². The Bertz CT molecular complexity index is 968. The maximum atomic E-state index is 4.97. The van der Waals surface area contributed by atoms with Crippen LogP contribution in [0.4, 0.5) is 0 Å². The number of aryl methyl sites for hydroxylation is 2. The third kappa shape index (κ3) is 3.99. The molecule has 27 heavy (non-hydrogen) atoms. The average molecular weight is 381 g/mol. The van der Waals surface area contributed by atoms with Crippen molar-refractivity contribution >= 4 is 22.2 Å². The molecule has 3 aromatic heterocycles. The van der Waals surface area contributed by atoms with Gasteiger partial charge in [-0.15, -0.1) is 11.3 Å². The zero-order valence-electron chi connectivity index (χ0n) is 16.5. The summed E-state index contributed by atoms with van der Waals surface area (Å²) >= 11 is 1.83. The number of thiazole rings is 1. The van der Waals surface area contributed by atoms with E-state index in [-0.39, 0.29) is 0 Å². The maximum Gasteiger partial charge on any atom is 0.0968 e. The first-order valence-corrected chi connectivity index (χ1v) is 10.5. The maximum absolute atomic E-state index is 4.97. The van der Waals surface area contributed by atoms with Crippen LogP contribution in [-0.4, -0.2) is 32.5 Å². The Morgan fingerprint density at radius 3 is 3.07 bits per heavy atom. The van der Waals surface area contributed by atoms with Crippen molar-refractivity contribution < 1.29 is 0 Å². The van der Waals surface area contributed by atoms with Gasteiger partial charge >= 0.3 is 0 Å². The second-order valence-corrected chi connectivity index (χ2v) is 9.14. The largest absolute Gasteiger partial charge is 0.349 e. The van der Waals surface area contributed by atoms with Gasteiger partial charge < -0.3 is 4.57 Å². The molecule has 0 aromatic carbocycles. The summed E-state index contributed by atoms with van der Waals surface area (Å²) in [6.07, 6.45) is 7.54. The molecule has 3 aromatic rings. The number of hydrogen-bond acceptors (Lipinski definition) is 4. The molecule has 0 bridgehead atoms. The monoisotopic (exact) mass is 380 g/mol. The lowest BCUT2D eigenvalue weighted by atomic mass is 9.93. The molecule has 1 saturated heterocycles. The minimum Gasteiger partial charge on any atom is -0.349 e. The van der Waals surface area contributed by atoms with Crippen molar-refractivity contribution in [3.63, 3.8) is 0 Å². The Morgan fingerprint density at radius 1 is 1.41 bits per heavy atom. The summed E-state index contributed by atoms with van der Waals surface area (Å²) in [6.45, 7) is 11.4. The fourth-order valence-electron chi connectivity index (χ4n) is 4.18. The lowest BCUT2D eigenvalue weighted by Gasteiger charge is -2.32. The Kier molecular flexibility index (Phi) is 5.15. The standard InChI is InChI=1S/C22H28N4S/c1-15(2)10-20-23-12-19(27-20)14-26-8-5-6-18(13-26)21-22-17(7-9-25(22)4)11-16(3)24-21/h7,9,11-12,18H,1,5-6,8,10,13-14H2,2-4H3. The first-order chi connectivity index (χ1) is 13.0. The molecule has 0 spiro atoms. The van der Waals surface area contributed by atoms with Crippen LogP contribution in [0.25, 0.3) is 10.9 Å². The molecule has 0 radical (unpaired) electrons. The van der Waals surface area contributed by atoms with Crippen molar-refractivity contribution in [1.82, 2.24) is 19.4 Å². The van der Waals surface area contributed by atoms with Gasteiger partial charge in [0.1, 0.15) is 0 Å². The number of pyridine rings is 1. The van der Waals surface area contributed by atoms with Crippen molar-refractivity contribution in [2.75, 3.05) is 13.1 Å². The van der Waals surface area contributed by atoms with Crippen molar-refractivity contribution in [2.24, 2.45) is 7.05 Å². The molecule has 1 fully saturated rings. The number of nitrogens with zero attached hydrogens (tertiary/aromatic N) is 4. The van der Waals surface area contributed by atoms with E-state index in [4.69, 9.17) is 4.98 Å². The van der Waals surface area contributed by atoms with Gasteiger partial charge in [0.05, 0.1) is 16.2 Å². The Morgan fingerprint density at radius 2 is 2.26 bits per heavy atom. The first-order valence-electron chi connectivity index (χ1n) is 9.72. The summed E-state index contributed by atoms with van der Waals surface area (Å²) in [5, 5.41) is 2.49. The third-order valence-corrected chi connectivity index (χ3v) is 6.32. The van der Waals surface area contributed by atoms with Gasteiger partial charge in [0.15, 0.2) is 0 Å². The summed E-state index contributed by atoms with van der Waals surface area (Å²) in [5.74, 6) is 0.498. The first kappa shape index (κ1) is 18.4. The van der Waals surface area contributed by atoms with E-state index in [1.165, 1.54) is 44.9 Å². The van der Waals surface area contributed by atoms with Gasteiger partial charge in [-0.25, -0.2) is 4.98 Å². The summed E-state index contributed by atoms with van der Waals surface area (Å²) < 4.78 is 2.23. The van der Waals surface area contributed by atoms with E-state index < -0.39 is 0 Å². The van der Waals surface area contributed by atoms with Gasteiger partial charge in [-0.1, -0.05) is 12.2 Å². The molecule has 1 aliphatic rings. The van der Waals surface area contributed by atoms with Gasteiger partial charge in [-0.2, -0.15) is 0 Å². The number of allylic oxidation sites excluding steroid dienone is 1. The van der Waals surface area contributed by atoms with Gasteiger partial charge in [-0.3, -0.25) is 9.88 Å². The predicted octanol–water partition coefficient (Wildman–Crippen LogP) is 4.84. The smallest absolute Gasteiger partial charge is 0.0968 e. The van der Waals surface area contributed by atoms with E-state index in [2.05, 4.69) is 60.3 Å². The highest BCUT2D eigenvalue weighted by molar-refractivity contribution is 7.11. The molecule has 0 saturated carbocycles. The van der Waals surface area contributed by atoms with Crippen LogP contribution >= 0.6 is 11.3 Å². The van der Waals surface area contributed by atoms with Crippen LogP contribution in [0.3, 0.4) is 0 Å². The summed E-state index contributed by atoms with van der Waals surface area (Å²) in [4.78, 5) is 13.5. The van der Waals surface area contributed by atoms with Gasteiger partial charge in [-0.05, 0) is 45.4 Å². The van der Waals surface area contributed by atoms with Crippen LogP contribution in [0, 0.1) is 6.92 Å². The highest BCUT2D eigenvalue weighted by atomic mass is 32.1. The molecule has 1 unspecified atom stereocenters. The van der Waals surface area contributed by atoms with Crippen LogP contribution in [0.15, 0.2) is 36.7 Å². The average Bonchev–Trinajstić information content (AvgIpc) is 3.20. The lowest BCUT2D eigenvalue weighted by molar-refractivity contribution is 0.200. The Hall–Kier alpha value is -1.98. The molecule has 1 aliphatic heterocycles.